The molecule has 0 saturated heterocycles. The fraction of sp³-hybridized carbons (Fsp3) is 0.400. The molecule has 4 N–H and O–H groups in total. The second kappa shape index (κ2) is 8.10. The summed E-state index contributed by atoms with van der Waals surface area (Å²) in [6, 6.07) is 1.83. The number of phenolic OH excluding ortho intramolecular Hbond substituents is 1. The van der Waals surface area contributed by atoms with Crippen LogP contribution in [0.2, 0.25) is 0 Å². The first kappa shape index (κ1) is 23.9. The average Bonchev–Trinajstić information content (AvgIpc) is 2.81. The summed E-state index contributed by atoms with van der Waals surface area (Å²) in [6.07, 6.45) is 4.64. The van der Waals surface area contributed by atoms with Crippen molar-refractivity contribution in [1.29, 1.82) is 0 Å². The van der Waals surface area contributed by atoms with E-state index < -0.39 is 64.4 Å². The van der Waals surface area contributed by atoms with Crippen molar-refractivity contribution in [2.45, 2.75) is 24.5 Å². The minimum Gasteiger partial charge on any atom is -0.507 e. The van der Waals surface area contributed by atoms with Crippen LogP contribution in [0, 0.1) is 23.7 Å². The number of phenols is 1. The number of ketones is 4. The van der Waals surface area contributed by atoms with Crippen molar-refractivity contribution in [2.24, 2.45) is 29.4 Å². The van der Waals surface area contributed by atoms with Crippen LogP contribution in [0.25, 0.3) is 11.1 Å². The second-order valence-corrected chi connectivity index (χ2v) is 9.90. The molecule has 0 spiro atoms. The number of carbonyl (C=O) groups is 5. The van der Waals surface area contributed by atoms with Crippen molar-refractivity contribution in [1.82, 2.24) is 14.9 Å². The Balaban J connectivity index is 1.66. The monoisotopic (exact) mass is 492 g/mol. The van der Waals surface area contributed by atoms with Gasteiger partial charge in [0.1, 0.15) is 12.1 Å². The van der Waals surface area contributed by atoms with E-state index >= 15 is 0 Å². The summed E-state index contributed by atoms with van der Waals surface area (Å²) in [5.41, 5.74) is 4.23. The molecule has 0 radical (unpaired) electrons. The van der Waals surface area contributed by atoms with Crippen molar-refractivity contribution >= 4 is 29.0 Å². The van der Waals surface area contributed by atoms with E-state index in [1.165, 1.54) is 17.3 Å². The number of likely N-dealkylation sites (N-methyl/N-ethyl adjacent to an activating group) is 1. The summed E-state index contributed by atoms with van der Waals surface area (Å²) in [7, 11) is 3.08. The van der Waals surface area contributed by atoms with Crippen LogP contribution in [0.15, 0.2) is 30.9 Å². The Morgan fingerprint density at radius 1 is 1.11 bits per heavy atom. The Labute approximate surface area is 205 Å². The van der Waals surface area contributed by atoms with Gasteiger partial charge in [-0.3, -0.25) is 28.9 Å². The number of fused-ring (bicyclic) bond motifs is 3. The average molecular weight is 492 g/mol. The van der Waals surface area contributed by atoms with E-state index in [1.54, 1.807) is 32.6 Å². The first-order valence-electron chi connectivity index (χ1n) is 11.4. The molecule has 5 rings (SSSR count). The number of aromatic nitrogens is 2. The number of carbonyl (C=O) groups excluding carboxylic acids is 5. The third kappa shape index (κ3) is 3.09. The number of primary amides is 1. The maximum atomic E-state index is 13.8. The lowest BCUT2D eigenvalue weighted by atomic mass is 9.52. The van der Waals surface area contributed by atoms with Gasteiger partial charge in [-0.15, -0.1) is 0 Å². The van der Waals surface area contributed by atoms with Crippen LogP contribution in [0.5, 0.6) is 5.75 Å². The van der Waals surface area contributed by atoms with Crippen molar-refractivity contribution in [3.63, 3.8) is 0 Å². The molecule has 2 aromatic rings. The molecule has 0 aliphatic heterocycles. The van der Waals surface area contributed by atoms with E-state index in [9.17, 15) is 34.2 Å². The van der Waals surface area contributed by atoms with Crippen LogP contribution in [-0.4, -0.2) is 79.9 Å². The van der Waals surface area contributed by atoms with Gasteiger partial charge in [-0.2, -0.15) is 0 Å². The van der Waals surface area contributed by atoms with E-state index in [4.69, 9.17) is 5.73 Å². The molecule has 3 aliphatic rings. The molecule has 1 heterocycles. The molecule has 1 aromatic carbocycles. The van der Waals surface area contributed by atoms with Gasteiger partial charge in [0.05, 0.1) is 17.5 Å². The van der Waals surface area contributed by atoms with Gasteiger partial charge in [0.2, 0.25) is 5.91 Å². The summed E-state index contributed by atoms with van der Waals surface area (Å²) in [6.45, 7) is 0. The lowest BCUT2D eigenvalue weighted by molar-refractivity contribution is -0.181. The molecule has 2 saturated carbocycles. The molecule has 2 fully saturated rings. The molecule has 36 heavy (non-hydrogen) atoms. The number of rotatable bonds is 3. The number of nitrogens with zero attached hydrogens (tertiary/aromatic N) is 3. The standard InChI is InChI=1S/C25H24N4O7/c1-29(2)19-14-6-10-5-13-12(11-7-27-9-28-8-11)3-4-15(30)17(13)20(31)16(10)22(33)25(14,36)23(34)18(21(19)32)24(26)35/h3-4,7-10,14,16,18-19,30,36H,5-6H2,1-2H3,(H2,26,35)/t10-,14-,16?,18?,19-,25-/m1/s1. The number of aliphatic hydroxyl groups is 1. The summed E-state index contributed by atoms with van der Waals surface area (Å²) in [5.74, 6) is -10.7. The fourth-order valence-electron chi connectivity index (χ4n) is 6.31. The number of benzene rings is 1. The van der Waals surface area contributed by atoms with Gasteiger partial charge >= 0.3 is 0 Å². The van der Waals surface area contributed by atoms with Crippen molar-refractivity contribution in [3.05, 3.63) is 42.0 Å². The molecule has 6 atom stereocenters. The number of nitrogens with two attached hydrogens (primary N) is 1. The van der Waals surface area contributed by atoms with Gasteiger partial charge in [-0.1, -0.05) is 6.07 Å². The topological polar surface area (TPSA) is 181 Å². The summed E-state index contributed by atoms with van der Waals surface area (Å²) in [4.78, 5) is 75.3. The van der Waals surface area contributed by atoms with Gasteiger partial charge in [0.25, 0.3) is 0 Å². The smallest absolute Gasteiger partial charge is 0.235 e. The quantitative estimate of drug-likeness (QED) is 0.465. The third-order valence-corrected chi connectivity index (χ3v) is 7.82. The maximum Gasteiger partial charge on any atom is 0.235 e. The molecule has 1 amide bonds. The summed E-state index contributed by atoms with van der Waals surface area (Å²) < 4.78 is 0. The first-order valence-corrected chi connectivity index (χ1v) is 11.4. The minimum atomic E-state index is -2.74. The number of aromatic hydroxyl groups is 1. The summed E-state index contributed by atoms with van der Waals surface area (Å²) in [5, 5.41) is 22.2. The van der Waals surface area contributed by atoms with Gasteiger partial charge in [0.15, 0.2) is 34.7 Å². The highest BCUT2D eigenvalue weighted by Gasteiger charge is 2.69. The van der Waals surface area contributed by atoms with Crippen LogP contribution >= 0.6 is 0 Å². The SMILES string of the molecule is CN(C)[C@H]1C(=O)C(C(N)=O)C(=O)[C@]2(O)C(=O)C3C(=O)c4c(O)ccc(-c5cncnc5)c4C[C@@H]3C[C@H]12. The maximum absolute atomic E-state index is 13.8. The first-order chi connectivity index (χ1) is 17.0. The molecular weight excluding hydrogens is 468 g/mol. The zero-order valence-corrected chi connectivity index (χ0v) is 19.5. The molecule has 11 heteroatoms. The van der Waals surface area contributed by atoms with Crippen LogP contribution in [0.1, 0.15) is 22.3 Å². The van der Waals surface area contributed by atoms with Crippen LogP contribution in [-0.2, 0) is 25.6 Å². The zero-order valence-electron chi connectivity index (χ0n) is 19.5. The highest BCUT2D eigenvalue weighted by Crippen LogP contribution is 2.51. The zero-order chi connectivity index (χ0) is 26.1. The molecule has 2 unspecified atom stereocenters. The lowest BCUT2D eigenvalue weighted by Crippen LogP contribution is -2.74. The Hall–Kier alpha value is -3.83. The highest BCUT2D eigenvalue weighted by atomic mass is 16.3. The van der Waals surface area contributed by atoms with Gasteiger partial charge in [-0.05, 0) is 50.0 Å². The number of Topliss-reactive ketones (excluding diaryl/α,β-unsaturated/α-hetero) is 4. The normalized spacial score (nSPS) is 31.6. The minimum absolute atomic E-state index is 0.00964. The van der Waals surface area contributed by atoms with Crippen molar-refractivity contribution in [3.8, 4) is 16.9 Å². The van der Waals surface area contributed by atoms with Gasteiger partial charge in [-0.25, -0.2) is 9.97 Å². The molecular formula is C25H24N4O7. The Morgan fingerprint density at radius 2 is 1.78 bits per heavy atom. The number of amides is 1. The largest absolute Gasteiger partial charge is 0.507 e. The van der Waals surface area contributed by atoms with E-state index in [1.807, 2.05) is 0 Å². The Morgan fingerprint density at radius 3 is 2.39 bits per heavy atom. The van der Waals surface area contributed by atoms with Crippen LogP contribution in [0.3, 0.4) is 0 Å². The number of hydrogen-bond donors (Lipinski definition) is 3. The highest BCUT2D eigenvalue weighted by molar-refractivity contribution is 6.32. The second-order valence-electron chi connectivity index (χ2n) is 9.90. The predicted molar refractivity (Wildman–Crippen MR) is 122 cm³/mol. The predicted octanol–water partition coefficient (Wildman–Crippen LogP) is -0.676. The molecule has 1 aromatic heterocycles. The van der Waals surface area contributed by atoms with E-state index in [0.29, 0.717) is 16.7 Å². The molecule has 11 nitrogen and oxygen atoms in total. The number of hydrogen-bond acceptors (Lipinski definition) is 10. The molecule has 0 bridgehead atoms. The van der Waals surface area contributed by atoms with Gasteiger partial charge in [0, 0.05) is 23.9 Å². The lowest BCUT2D eigenvalue weighted by Gasteiger charge is -2.52. The van der Waals surface area contributed by atoms with Gasteiger partial charge < -0.3 is 15.9 Å². The third-order valence-electron chi connectivity index (χ3n) is 7.82. The van der Waals surface area contributed by atoms with E-state index in [-0.39, 0.29) is 24.2 Å². The fourth-order valence-corrected chi connectivity index (χ4v) is 6.31. The van der Waals surface area contributed by atoms with Crippen molar-refractivity contribution in [2.75, 3.05) is 14.1 Å². The Kier molecular flexibility index (Phi) is 5.38. The molecule has 3 aliphatic carbocycles. The van der Waals surface area contributed by atoms with Crippen molar-refractivity contribution < 1.29 is 34.2 Å². The summed E-state index contributed by atoms with van der Waals surface area (Å²) >= 11 is 0. The Bertz CT molecular complexity index is 1340. The van der Waals surface area contributed by atoms with Crippen LogP contribution < -0.4 is 5.73 Å². The van der Waals surface area contributed by atoms with E-state index in [0.717, 1.165) is 0 Å². The van der Waals surface area contributed by atoms with Crippen LogP contribution in [0.4, 0.5) is 0 Å². The molecule has 186 valence electrons. The van der Waals surface area contributed by atoms with E-state index in [2.05, 4.69) is 9.97 Å².